The van der Waals surface area contributed by atoms with Gasteiger partial charge < -0.3 is 10.2 Å². The molecule has 1 aliphatic heterocycles. The van der Waals surface area contributed by atoms with Crippen molar-refractivity contribution in [1.29, 1.82) is 0 Å². The molecule has 1 amide bonds. The number of rotatable bonds is 7. The van der Waals surface area contributed by atoms with Gasteiger partial charge in [-0.25, -0.2) is 9.97 Å². The molecule has 0 saturated carbocycles. The van der Waals surface area contributed by atoms with Crippen molar-refractivity contribution >= 4 is 35.1 Å². The summed E-state index contributed by atoms with van der Waals surface area (Å²) < 4.78 is 0. The Kier molecular flexibility index (Phi) is 6.87. The first kappa shape index (κ1) is 20.7. The van der Waals surface area contributed by atoms with Gasteiger partial charge in [0.25, 0.3) is 5.91 Å². The standard InChI is InChI=1S/C23H23ClN4OS/c24-20-14-21(28-12-4-5-13-28)27-23(26-20)30-16-18-8-10-19(11-9-18)22(29)25-15-17-6-2-1-3-7-17/h1-3,6-11,14H,4-5,12-13,15-16H2,(H,25,29). The fourth-order valence-electron chi connectivity index (χ4n) is 3.34. The Hall–Kier alpha value is -2.57. The second kappa shape index (κ2) is 9.96. The third kappa shape index (κ3) is 5.52. The smallest absolute Gasteiger partial charge is 0.251 e. The molecule has 0 bridgehead atoms. The van der Waals surface area contributed by atoms with Gasteiger partial charge in [-0.15, -0.1) is 0 Å². The van der Waals surface area contributed by atoms with Crippen LogP contribution in [0.15, 0.2) is 65.8 Å². The van der Waals surface area contributed by atoms with Crippen LogP contribution in [0.5, 0.6) is 0 Å². The van der Waals surface area contributed by atoms with Crippen LogP contribution in [0.4, 0.5) is 5.82 Å². The minimum atomic E-state index is -0.0773. The quantitative estimate of drug-likeness (QED) is 0.321. The SMILES string of the molecule is O=C(NCc1ccccc1)c1ccc(CSc2nc(Cl)cc(N3CCCC3)n2)cc1. The fourth-order valence-corrected chi connectivity index (χ4v) is 4.38. The van der Waals surface area contributed by atoms with E-state index in [-0.39, 0.29) is 5.91 Å². The summed E-state index contributed by atoms with van der Waals surface area (Å²) >= 11 is 7.75. The molecule has 0 aliphatic carbocycles. The highest BCUT2D eigenvalue weighted by Gasteiger charge is 2.15. The lowest BCUT2D eigenvalue weighted by atomic mass is 10.1. The first-order valence-electron chi connectivity index (χ1n) is 10.0. The number of halogens is 1. The molecule has 1 fully saturated rings. The Balaban J connectivity index is 1.33. The van der Waals surface area contributed by atoms with Crippen LogP contribution < -0.4 is 10.2 Å². The number of benzene rings is 2. The predicted octanol–water partition coefficient (Wildman–Crippen LogP) is 4.95. The second-order valence-corrected chi connectivity index (χ2v) is 8.51. The van der Waals surface area contributed by atoms with Crippen molar-refractivity contribution in [1.82, 2.24) is 15.3 Å². The number of carbonyl (C=O) groups is 1. The lowest BCUT2D eigenvalue weighted by Gasteiger charge is -2.16. The van der Waals surface area contributed by atoms with E-state index >= 15 is 0 Å². The lowest BCUT2D eigenvalue weighted by Crippen LogP contribution is -2.22. The van der Waals surface area contributed by atoms with Crippen LogP contribution in [0.2, 0.25) is 5.15 Å². The maximum Gasteiger partial charge on any atom is 0.251 e. The largest absolute Gasteiger partial charge is 0.356 e. The fraction of sp³-hybridized carbons (Fsp3) is 0.261. The van der Waals surface area contributed by atoms with Gasteiger partial charge in [0.15, 0.2) is 5.16 Å². The van der Waals surface area contributed by atoms with Crippen LogP contribution >= 0.6 is 23.4 Å². The second-order valence-electron chi connectivity index (χ2n) is 7.18. The summed E-state index contributed by atoms with van der Waals surface area (Å²) in [5.41, 5.74) is 2.83. The zero-order valence-corrected chi connectivity index (χ0v) is 18.1. The number of nitrogens with one attached hydrogen (secondary N) is 1. The number of anilines is 1. The molecule has 0 radical (unpaired) electrons. The molecule has 4 rings (SSSR count). The highest BCUT2D eigenvalue weighted by atomic mass is 35.5. The van der Waals surface area contributed by atoms with E-state index in [9.17, 15) is 4.79 Å². The van der Waals surface area contributed by atoms with Gasteiger partial charge in [0, 0.05) is 37.0 Å². The first-order chi connectivity index (χ1) is 14.7. The number of hydrogen-bond donors (Lipinski definition) is 1. The van der Waals surface area contributed by atoms with Crippen molar-refractivity contribution in [3.8, 4) is 0 Å². The van der Waals surface area contributed by atoms with E-state index in [0.29, 0.717) is 28.2 Å². The molecular weight excluding hydrogens is 416 g/mol. The van der Waals surface area contributed by atoms with Crippen molar-refractivity contribution in [2.24, 2.45) is 0 Å². The molecule has 3 aromatic rings. The summed E-state index contributed by atoms with van der Waals surface area (Å²) in [6.45, 7) is 2.55. The third-order valence-electron chi connectivity index (χ3n) is 4.97. The minimum Gasteiger partial charge on any atom is -0.356 e. The molecular formula is C23H23ClN4OS. The summed E-state index contributed by atoms with van der Waals surface area (Å²) in [5.74, 6) is 1.54. The van der Waals surface area contributed by atoms with E-state index in [4.69, 9.17) is 11.6 Å². The molecule has 0 unspecified atom stereocenters. The van der Waals surface area contributed by atoms with E-state index in [2.05, 4.69) is 20.2 Å². The number of nitrogens with zero attached hydrogens (tertiary/aromatic N) is 3. The molecule has 1 aromatic heterocycles. The maximum absolute atomic E-state index is 12.4. The number of carbonyl (C=O) groups excluding carboxylic acids is 1. The van der Waals surface area contributed by atoms with Gasteiger partial charge in [-0.3, -0.25) is 4.79 Å². The molecule has 1 saturated heterocycles. The Morgan fingerprint density at radius 1 is 1.00 bits per heavy atom. The van der Waals surface area contributed by atoms with Crippen LogP contribution in [-0.2, 0) is 12.3 Å². The molecule has 5 nitrogen and oxygen atoms in total. The molecule has 30 heavy (non-hydrogen) atoms. The molecule has 0 atom stereocenters. The van der Waals surface area contributed by atoms with Crippen LogP contribution in [0, 0.1) is 0 Å². The molecule has 1 N–H and O–H groups in total. The van der Waals surface area contributed by atoms with Crippen molar-refractivity contribution in [2.75, 3.05) is 18.0 Å². The van der Waals surface area contributed by atoms with Gasteiger partial charge in [-0.05, 0) is 36.1 Å². The topological polar surface area (TPSA) is 58.1 Å². The normalized spacial score (nSPS) is 13.4. The highest BCUT2D eigenvalue weighted by Crippen LogP contribution is 2.26. The van der Waals surface area contributed by atoms with E-state index in [1.165, 1.54) is 12.8 Å². The zero-order chi connectivity index (χ0) is 20.8. The van der Waals surface area contributed by atoms with Gasteiger partial charge in [-0.2, -0.15) is 0 Å². The molecule has 2 heterocycles. The maximum atomic E-state index is 12.4. The number of thioether (sulfide) groups is 1. The van der Waals surface area contributed by atoms with Gasteiger partial charge >= 0.3 is 0 Å². The van der Waals surface area contributed by atoms with Crippen molar-refractivity contribution in [3.63, 3.8) is 0 Å². The summed E-state index contributed by atoms with van der Waals surface area (Å²) in [6, 6.07) is 19.4. The minimum absolute atomic E-state index is 0.0773. The van der Waals surface area contributed by atoms with Crippen LogP contribution in [0.3, 0.4) is 0 Å². The first-order valence-corrected chi connectivity index (χ1v) is 11.4. The van der Waals surface area contributed by atoms with E-state index in [1.807, 2.05) is 60.7 Å². The summed E-state index contributed by atoms with van der Waals surface area (Å²) in [7, 11) is 0. The zero-order valence-electron chi connectivity index (χ0n) is 16.6. The molecule has 2 aromatic carbocycles. The molecule has 154 valence electrons. The summed E-state index contributed by atoms with van der Waals surface area (Å²) in [4.78, 5) is 23.6. The van der Waals surface area contributed by atoms with E-state index < -0.39 is 0 Å². The van der Waals surface area contributed by atoms with Gasteiger partial charge in [0.05, 0.1) is 0 Å². The Morgan fingerprint density at radius 2 is 1.73 bits per heavy atom. The predicted molar refractivity (Wildman–Crippen MR) is 122 cm³/mol. The number of aromatic nitrogens is 2. The van der Waals surface area contributed by atoms with Crippen molar-refractivity contribution in [2.45, 2.75) is 30.3 Å². The molecule has 0 spiro atoms. The molecule has 1 aliphatic rings. The summed E-state index contributed by atoms with van der Waals surface area (Å²) in [5, 5.41) is 4.10. The van der Waals surface area contributed by atoms with Crippen molar-refractivity contribution < 1.29 is 4.79 Å². The molecule has 7 heteroatoms. The number of hydrogen-bond acceptors (Lipinski definition) is 5. The van der Waals surface area contributed by atoms with Crippen LogP contribution in [-0.4, -0.2) is 29.0 Å². The average molecular weight is 439 g/mol. The van der Waals surface area contributed by atoms with E-state index in [1.54, 1.807) is 11.8 Å². The Bertz CT molecular complexity index is 992. The van der Waals surface area contributed by atoms with Crippen LogP contribution in [0.1, 0.15) is 34.3 Å². The van der Waals surface area contributed by atoms with E-state index in [0.717, 1.165) is 30.0 Å². The Morgan fingerprint density at radius 3 is 2.47 bits per heavy atom. The summed E-state index contributed by atoms with van der Waals surface area (Å²) in [6.07, 6.45) is 2.38. The van der Waals surface area contributed by atoms with Gasteiger partial charge in [-0.1, -0.05) is 65.8 Å². The average Bonchev–Trinajstić information content (AvgIpc) is 3.32. The van der Waals surface area contributed by atoms with Gasteiger partial charge in [0.2, 0.25) is 0 Å². The lowest BCUT2D eigenvalue weighted by molar-refractivity contribution is 0.0951. The van der Waals surface area contributed by atoms with Gasteiger partial charge in [0.1, 0.15) is 11.0 Å². The number of amides is 1. The van der Waals surface area contributed by atoms with Crippen LogP contribution in [0.25, 0.3) is 0 Å². The third-order valence-corrected chi connectivity index (χ3v) is 6.08. The monoisotopic (exact) mass is 438 g/mol. The van der Waals surface area contributed by atoms with Crippen molar-refractivity contribution in [3.05, 3.63) is 82.5 Å². The Labute approximate surface area is 185 Å². The highest BCUT2D eigenvalue weighted by molar-refractivity contribution is 7.98.